The molecule has 1 aromatic carbocycles. The maximum absolute atomic E-state index is 5.48. The Kier molecular flexibility index (Phi) is 3.61. The van der Waals surface area contributed by atoms with E-state index in [1.807, 2.05) is 32.0 Å². The third-order valence-corrected chi connectivity index (χ3v) is 3.61. The summed E-state index contributed by atoms with van der Waals surface area (Å²) in [6, 6.07) is 5.97. The molecule has 0 fully saturated rings. The van der Waals surface area contributed by atoms with Gasteiger partial charge in [-0.15, -0.1) is 11.3 Å². The number of nitrogens with zero attached hydrogens (tertiary/aromatic N) is 1. The number of ether oxygens (including phenoxy) is 1. The van der Waals surface area contributed by atoms with Crippen molar-refractivity contribution in [3.63, 3.8) is 0 Å². The van der Waals surface area contributed by atoms with Gasteiger partial charge >= 0.3 is 0 Å². The number of thiazole rings is 1. The molecule has 0 amide bonds. The molecule has 4 heteroatoms. The van der Waals surface area contributed by atoms with Crippen LogP contribution in [0.4, 0.5) is 0 Å². The minimum atomic E-state index is 0.678. The van der Waals surface area contributed by atoms with Crippen LogP contribution in [0.3, 0.4) is 0 Å². The highest BCUT2D eigenvalue weighted by Crippen LogP contribution is 2.32. The van der Waals surface area contributed by atoms with E-state index >= 15 is 0 Å². The van der Waals surface area contributed by atoms with Crippen molar-refractivity contribution >= 4 is 27.3 Å². The van der Waals surface area contributed by atoms with E-state index in [1.165, 1.54) is 0 Å². The number of benzene rings is 1. The highest BCUT2D eigenvalue weighted by Gasteiger charge is 2.08. The molecule has 0 aliphatic rings. The molecule has 2 aromatic rings. The van der Waals surface area contributed by atoms with Crippen LogP contribution in [0.25, 0.3) is 11.3 Å². The Morgan fingerprint density at radius 3 is 2.88 bits per heavy atom. The predicted octanol–water partition coefficient (Wildman–Crippen LogP) is 4.28. The highest BCUT2D eigenvalue weighted by atomic mass is 79.9. The fraction of sp³-hybridized carbons (Fsp3) is 0.250. The summed E-state index contributed by atoms with van der Waals surface area (Å²) in [4.78, 5) is 4.48. The Balaban J connectivity index is 2.42. The molecule has 0 saturated carbocycles. The van der Waals surface area contributed by atoms with Gasteiger partial charge in [-0.05, 0) is 32.0 Å². The van der Waals surface area contributed by atoms with Gasteiger partial charge in [0.15, 0.2) is 0 Å². The van der Waals surface area contributed by atoms with E-state index in [0.717, 1.165) is 26.5 Å². The van der Waals surface area contributed by atoms with Gasteiger partial charge in [0, 0.05) is 15.4 Å². The minimum absolute atomic E-state index is 0.678. The molecule has 84 valence electrons. The first-order valence-electron chi connectivity index (χ1n) is 5.05. The molecule has 0 saturated heterocycles. The van der Waals surface area contributed by atoms with Crippen molar-refractivity contribution in [1.29, 1.82) is 0 Å². The third kappa shape index (κ3) is 2.44. The number of aryl methyl sites for hydroxylation is 1. The van der Waals surface area contributed by atoms with Gasteiger partial charge < -0.3 is 4.74 Å². The number of hydrogen-bond acceptors (Lipinski definition) is 3. The van der Waals surface area contributed by atoms with Crippen LogP contribution in [0.2, 0.25) is 0 Å². The average Bonchev–Trinajstić information content (AvgIpc) is 2.68. The Labute approximate surface area is 107 Å². The lowest BCUT2D eigenvalue weighted by atomic mass is 10.1. The molecular weight excluding hydrogens is 286 g/mol. The summed E-state index contributed by atoms with van der Waals surface area (Å²) in [6.45, 7) is 4.67. The summed E-state index contributed by atoms with van der Waals surface area (Å²) >= 11 is 5.19. The van der Waals surface area contributed by atoms with Crippen LogP contribution in [0, 0.1) is 6.92 Å². The monoisotopic (exact) mass is 297 g/mol. The topological polar surface area (TPSA) is 22.1 Å². The van der Waals surface area contributed by atoms with Crippen LogP contribution >= 0.6 is 27.3 Å². The van der Waals surface area contributed by atoms with Gasteiger partial charge in [0.2, 0.25) is 0 Å². The van der Waals surface area contributed by atoms with Crippen LogP contribution in [-0.2, 0) is 0 Å². The van der Waals surface area contributed by atoms with Gasteiger partial charge in [0.25, 0.3) is 0 Å². The molecular formula is C12H12BrNOS. The molecule has 16 heavy (non-hydrogen) atoms. The van der Waals surface area contributed by atoms with Gasteiger partial charge in [-0.25, -0.2) is 4.98 Å². The van der Waals surface area contributed by atoms with Gasteiger partial charge in [-0.2, -0.15) is 0 Å². The molecule has 2 rings (SSSR count). The van der Waals surface area contributed by atoms with E-state index in [1.54, 1.807) is 11.3 Å². The van der Waals surface area contributed by atoms with E-state index in [2.05, 4.69) is 26.3 Å². The smallest absolute Gasteiger partial charge is 0.120 e. The van der Waals surface area contributed by atoms with E-state index < -0.39 is 0 Å². The van der Waals surface area contributed by atoms with Crippen molar-refractivity contribution in [3.8, 4) is 17.0 Å². The summed E-state index contributed by atoms with van der Waals surface area (Å²) in [5.41, 5.74) is 2.08. The number of aromatic nitrogens is 1. The molecule has 0 atom stereocenters. The second-order valence-electron chi connectivity index (χ2n) is 3.33. The van der Waals surface area contributed by atoms with Crippen molar-refractivity contribution in [3.05, 3.63) is 33.1 Å². The fourth-order valence-electron chi connectivity index (χ4n) is 1.44. The zero-order chi connectivity index (χ0) is 11.5. The molecule has 1 heterocycles. The number of halogens is 1. The van der Waals surface area contributed by atoms with Gasteiger partial charge in [-0.3, -0.25) is 0 Å². The fourth-order valence-corrected chi connectivity index (χ4v) is 2.51. The molecule has 0 spiro atoms. The minimum Gasteiger partial charge on any atom is -0.494 e. The van der Waals surface area contributed by atoms with Crippen molar-refractivity contribution in [1.82, 2.24) is 4.98 Å². The predicted molar refractivity (Wildman–Crippen MR) is 71.2 cm³/mol. The Morgan fingerprint density at radius 2 is 2.25 bits per heavy atom. The summed E-state index contributed by atoms with van der Waals surface area (Å²) in [5.74, 6) is 0.881. The van der Waals surface area contributed by atoms with E-state index in [0.29, 0.717) is 6.61 Å². The Bertz CT molecular complexity index is 496. The first-order chi connectivity index (χ1) is 7.70. The summed E-state index contributed by atoms with van der Waals surface area (Å²) in [7, 11) is 0. The van der Waals surface area contributed by atoms with Crippen LogP contribution in [0.15, 0.2) is 28.1 Å². The normalized spacial score (nSPS) is 10.4. The summed E-state index contributed by atoms with van der Waals surface area (Å²) in [5, 5.41) is 3.13. The first kappa shape index (κ1) is 11.6. The van der Waals surface area contributed by atoms with Crippen LogP contribution < -0.4 is 4.74 Å². The zero-order valence-electron chi connectivity index (χ0n) is 9.16. The largest absolute Gasteiger partial charge is 0.494 e. The van der Waals surface area contributed by atoms with E-state index in [9.17, 15) is 0 Å². The molecule has 2 nitrogen and oxygen atoms in total. The van der Waals surface area contributed by atoms with Gasteiger partial charge in [0.05, 0.1) is 17.3 Å². The van der Waals surface area contributed by atoms with Crippen molar-refractivity contribution in [2.24, 2.45) is 0 Å². The van der Waals surface area contributed by atoms with Crippen molar-refractivity contribution in [2.75, 3.05) is 6.61 Å². The lowest BCUT2D eigenvalue weighted by Crippen LogP contribution is -1.92. The molecule has 0 aliphatic carbocycles. The Morgan fingerprint density at radius 1 is 1.44 bits per heavy atom. The van der Waals surface area contributed by atoms with Crippen LogP contribution in [0.5, 0.6) is 5.75 Å². The van der Waals surface area contributed by atoms with Gasteiger partial charge in [0.1, 0.15) is 5.75 Å². The molecule has 0 aliphatic heterocycles. The maximum atomic E-state index is 5.48. The molecule has 0 N–H and O–H groups in total. The second-order valence-corrected chi connectivity index (χ2v) is 5.24. The lowest BCUT2D eigenvalue weighted by molar-refractivity contribution is 0.340. The zero-order valence-corrected chi connectivity index (χ0v) is 11.6. The average molecular weight is 298 g/mol. The molecule has 1 aromatic heterocycles. The van der Waals surface area contributed by atoms with Crippen LogP contribution in [-0.4, -0.2) is 11.6 Å². The van der Waals surface area contributed by atoms with E-state index in [-0.39, 0.29) is 0 Å². The highest BCUT2D eigenvalue weighted by molar-refractivity contribution is 9.10. The number of hydrogen-bond donors (Lipinski definition) is 0. The quantitative estimate of drug-likeness (QED) is 0.843. The second kappa shape index (κ2) is 4.97. The van der Waals surface area contributed by atoms with Crippen molar-refractivity contribution in [2.45, 2.75) is 13.8 Å². The standard InChI is InChI=1S/C12H12BrNOS/c1-3-15-9-4-5-11(13)10(6-9)12-7-16-8(2)14-12/h4-7H,3H2,1-2H3. The Hall–Kier alpha value is -0.870. The lowest BCUT2D eigenvalue weighted by Gasteiger charge is -2.06. The van der Waals surface area contributed by atoms with Crippen molar-refractivity contribution < 1.29 is 4.74 Å². The third-order valence-electron chi connectivity index (χ3n) is 2.14. The van der Waals surface area contributed by atoms with Crippen LogP contribution in [0.1, 0.15) is 11.9 Å². The molecule has 0 radical (unpaired) electrons. The maximum Gasteiger partial charge on any atom is 0.120 e. The van der Waals surface area contributed by atoms with Gasteiger partial charge in [-0.1, -0.05) is 15.9 Å². The number of rotatable bonds is 3. The SMILES string of the molecule is CCOc1ccc(Br)c(-c2csc(C)n2)c1. The molecule has 0 bridgehead atoms. The summed E-state index contributed by atoms with van der Waals surface area (Å²) < 4.78 is 6.53. The molecule has 0 unspecified atom stereocenters. The first-order valence-corrected chi connectivity index (χ1v) is 6.73. The van der Waals surface area contributed by atoms with E-state index in [4.69, 9.17) is 4.74 Å². The summed E-state index contributed by atoms with van der Waals surface area (Å²) in [6.07, 6.45) is 0.